The molecular weight excluding hydrogens is 214 g/mol. The standard InChI is InChI=1S/C13H23N3O/c1-4-11(2)16(7-8-17-3)13-6-5-12(9-14)15-10-13/h5-6,10-11H,4,7-9,14H2,1-3H3. The highest BCUT2D eigenvalue weighted by atomic mass is 16.5. The van der Waals surface area contributed by atoms with Crippen molar-refractivity contribution in [2.75, 3.05) is 25.2 Å². The maximum Gasteiger partial charge on any atom is 0.0637 e. The third-order valence-electron chi connectivity index (χ3n) is 3.01. The van der Waals surface area contributed by atoms with Gasteiger partial charge in [0, 0.05) is 26.2 Å². The van der Waals surface area contributed by atoms with Crippen LogP contribution in [0, 0.1) is 0 Å². The molecular formula is C13H23N3O. The summed E-state index contributed by atoms with van der Waals surface area (Å²) in [6, 6.07) is 4.55. The molecule has 17 heavy (non-hydrogen) atoms. The number of nitrogens with zero attached hydrogens (tertiary/aromatic N) is 2. The molecule has 0 aliphatic carbocycles. The van der Waals surface area contributed by atoms with Gasteiger partial charge in [0.25, 0.3) is 0 Å². The number of rotatable bonds is 7. The van der Waals surface area contributed by atoms with Gasteiger partial charge in [-0.15, -0.1) is 0 Å². The summed E-state index contributed by atoms with van der Waals surface area (Å²) < 4.78 is 5.15. The highest BCUT2D eigenvalue weighted by Crippen LogP contribution is 2.17. The molecule has 0 fully saturated rings. The van der Waals surface area contributed by atoms with Crippen LogP contribution in [0.4, 0.5) is 5.69 Å². The molecule has 0 aliphatic rings. The Kier molecular flexibility index (Phi) is 5.94. The first kappa shape index (κ1) is 13.9. The Morgan fingerprint density at radius 3 is 2.71 bits per heavy atom. The predicted molar refractivity (Wildman–Crippen MR) is 71.1 cm³/mol. The molecule has 0 aliphatic heterocycles. The second-order valence-corrected chi connectivity index (χ2v) is 4.16. The molecule has 0 saturated heterocycles. The number of aromatic nitrogens is 1. The largest absolute Gasteiger partial charge is 0.383 e. The van der Waals surface area contributed by atoms with Crippen molar-refractivity contribution in [2.24, 2.45) is 5.73 Å². The molecule has 1 heterocycles. The number of methoxy groups -OCH3 is 1. The summed E-state index contributed by atoms with van der Waals surface area (Å²) in [4.78, 5) is 6.65. The zero-order chi connectivity index (χ0) is 12.7. The van der Waals surface area contributed by atoms with Gasteiger partial charge >= 0.3 is 0 Å². The second kappa shape index (κ2) is 7.25. The molecule has 0 spiro atoms. The van der Waals surface area contributed by atoms with E-state index in [2.05, 4.69) is 29.8 Å². The monoisotopic (exact) mass is 237 g/mol. The topological polar surface area (TPSA) is 51.4 Å². The number of hydrogen-bond donors (Lipinski definition) is 1. The highest BCUT2D eigenvalue weighted by Gasteiger charge is 2.12. The van der Waals surface area contributed by atoms with Crippen molar-refractivity contribution in [3.8, 4) is 0 Å². The third kappa shape index (κ3) is 3.98. The minimum absolute atomic E-state index is 0.482. The molecule has 0 bridgehead atoms. The van der Waals surface area contributed by atoms with Crippen molar-refractivity contribution < 1.29 is 4.74 Å². The van der Waals surface area contributed by atoms with Gasteiger partial charge in [-0.25, -0.2) is 0 Å². The minimum atomic E-state index is 0.482. The quantitative estimate of drug-likeness (QED) is 0.785. The molecule has 4 heteroatoms. The van der Waals surface area contributed by atoms with E-state index in [9.17, 15) is 0 Å². The van der Waals surface area contributed by atoms with Crippen LogP contribution in [0.1, 0.15) is 26.0 Å². The van der Waals surface area contributed by atoms with E-state index in [1.54, 1.807) is 7.11 Å². The lowest BCUT2D eigenvalue weighted by Crippen LogP contribution is -2.35. The fourth-order valence-electron chi connectivity index (χ4n) is 1.72. The Balaban J connectivity index is 2.79. The van der Waals surface area contributed by atoms with Crippen LogP contribution in [0.5, 0.6) is 0 Å². The van der Waals surface area contributed by atoms with Gasteiger partial charge in [-0.05, 0) is 25.5 Å². The van der Waals surface area contributed by atoms with Crippen LogP contribution >= 0.6 is 0 Å². The van der Waals surface area contributed by atoms with Crippen LogP contribution in [-0.4, -0.2) is 31.3 Å². The normalized spacial score (nSPS) is 12.5. The van der Waals surface area contributed by atoms with Gasteiger partial charge in [0.05, 0.1) is 24.2 Å². The van der Waals surface area contributed by atoms with Gasteiger partial charge in [0.2, 0.25) is 0 Å². The Hall–Kier alpha value is -1.13. The number of anilines is 1. The van der Waals surface area contributed by atoms with E-state index >= 15 is 0 Å². The smallest absolute Gasteiger partial charge is 0.0637 e. The van der Waals surface area contributed by atoms with Gasteiger partial charge in [-0.1, -0.05) is 6.92 Å². The van der Waals surface area contributed by atoms with Crippen molar-refractivity contribution in [3.05, 3.63) is 24.0 Å². The van der Waals surface area contributed by atoms with E-state index in [1.165, 1.54) is 0 Å². The first-order valence-electron chi connectivity index (χ1n) is 6.13. The van der Waals surface area contributed by atoms with Crippen molar-refractivity contribution in [3.63, 3.8) is 0 Å². The van der Waals surface area contributed by atoms with E-state index < -0.39 is 0 Å². The molecule has 4 nitrogen and oxygen atoms in total. The molecule has 0 saturated carbocycles. The Morgan fingerprint density at radius 1 is 1.47 bits per heavy atom. The predicted octanol–water partition coefficient (Wildman–Crippen LogP) is 1.79. The average molecular weight is 237 g/mol. The molecule has 1 rings (SSSR count). The third-order valence-corrected chi connectivity index (χ3v) is 3.01. The maximum atomic E-state index is 5.55. The van der Waals surface area contributed by atoms with Crippen LogP contribution in [0.15, 0.2) is 18.3 Å². The molecule has 1 atom stereocenters. The second-order valence-electron chi connectivity index (χ2n) is 4.16. The van der Waals surface area contributed by atoms with Crippen LogP contribution in [0.3, 0.4) is 0 Å². The number of nitrogens with two attached hydrogens (primary N) is 1. The lowest BCUT2D eigenvalue weighted by Gasteiger charge is -2.30. The van der Waals surface area contributed by atoms with Crippen LogP contribution in [0.2, 0.25) is 0 Å². The number of hydrogen-bond acceptors (Lipinski definition) is 4. The SMILES string of the molecule is CCC(C)N(CCOC)c1ccc(CN)nc1. The van der Waals surface area contributed by atoms with Gasteiger partial charge in [0.1, 0.15) is 0 Å². The lowest BCUT2D eigenvalue weighted by atomic mass is 10.2. The van der Waals surface area contributed by atoms with Crippen molar-refractivity contribution in [2.45, 2.75) is 32.9 Å². The van der Waals surface area contributed by atoms with Crippen molar-refractivity contribution in [1.29, 1.82) is 0 Å². The van der Waals surface area contributed by atoms with E-state index in [0.717, 1.165) is 31.0 Å². The van der Waals surface area contributed by atoms with Gasteiger partial charge < -0.3 is 15.4 Å². The molecule has 1 unspecified atom stereocenters. The molecule has 0 aromatic carbocycles. The Labute approximate surface area is 104 Å². The number of pyridine rings is 1. The first-order valence-corrected chi connectivity index (χ1v) is 6.13. The summed E-state index contributed by atoms with van der Waals surface area (Å²) in [5.74, 6) is 0. The molecule has 96 valence electrons. The Bertz CT molecular complexity index is 313. The summed E-state index contributed by atoms with van der Waals surface area (Å²) in [6.07, 6.45) is 2.99. The van der Waals surface area contributed by atoms with E-state index in [1.807, 2.05) is 12.3 Å². The van der Waals surface area contributed by atoms with Gasteiger partial charge in [-0.3, -0.25) is 4.98 Å². The maximum absolute atomic E-state index is 5.55. The Morgan fingerprint density at radius 2 is 2.24 bits per heavy atom. The summed E-state index contributed by atoms with van der Waals surface area (Å²) in [5, 5.41) is 0. The van der Waals surface area contributed by atoms with E-state index in [0.29, 0.717) is 12.6 Å². The van der Waals surface area contributed by atoms with E-state index in [-0.39, 0.29) is 0 Å². The van der Waals surface area contributed by atoms with Gasteiger partial charge in [-0.2, -0.15) is 0 Å². The zero-order valence-corrected chi connectivity index (χ0v) is 11.0. The van der Waals surface area contributed by atoms with Crippen LogP contribution < -0.4 is 10.6 Å². The van der Waals surface area contributed by atoms with Crippen molar-refractivity contribution in [1.82, 2.24) is 4.98 Å². The molecule has 0 amide bonds. The zero-order valence-electron chi connectivity index (χ0n) is 11.0. The fraction of sp³-hybridized carbons (Fsp3) is 0.615. The lowest BCUT2D eigenvalue weighted by molar-refractivity contribution is 0.203. The molecule has 2 N–H and O–H groups in total. The average Bonchev–Trinajstić information content (AvgIpc) is 2.39. The number of ether oxygens (including phenoxy) is 1. The first-order chi connectivity index (χ1) is 8.22. The summed E-state index contributed by atoms with van der Waals surface area (Å²) in [5.41, 5.74) is 7.60. The highest BCUT2D eigenvalue weighted by molar-refractivity contribution is 5.45. The van der Waals surface area contributed by atoms with Gasteiger partial charge in [0.15, 0.2) is 0 Å². The summed E-state index contributed by atoms with van der Waals surface area (Å²) in [6.45, 7) is 6.50. The molecule has 1 aromatic rings. The van der Waals surface area contributed by atoms with Crippen LogP contribution in [0.25, 0.3) is 0 Å². The fourth-order valence-corrected chi connectivity index (χ4v) is 1.72. The van der Waals surface area contributed by atoms with Crippen molar-refractivity contribution >= 4 is 5.69 Å². The molecule has 0 radical (unpaired) electrons. The minimum Gasteiger partial charge on any atom is -0.383 e. The van der Waals surface area contributed by atoms with Crippen LogP contribution in [-0.2, 0) is 11.3 Å². The van der Waals surface area contributed by atoms with E-state index in [4.69, 9.17) is 10.5 Å². The summed E-state index contributed by atoms with van der Waals surface area (Å²) in [7, 11) is 1.73. The summed E-state index contributed by atoms with van der Waals surface area (Å²) >= 11 is 0. The molecule has 1 aromatic heterocycles.